The third-order valence-corrected chi connectivity index (χ3v) is 3.81. The van der Waals surface area contributed by atoms with E-state index in [0.717, 1.165) is 11.1 Å². The van der Waals surface area contributed by atoms with E-state index in [1.807, 2.05) is 30.3 Å². The van der Waals surface area contributed by atoms with E-state index in [2.05, 4.69) is 18.7 Å². The van der Waals surface area contributed by atoms with Crippen molar-refractivity contribution in [2.24, 2.45) is 0 Å². The minimum atomic E-state index is -0.357. The fraction of sp³-hybridized carbons (Fsp3) is 0.263. The van der Waals surface area contributed by atoms with Crippen molar-refractivity contribution >= 4 is 11.7 Å². The summed E-state index contributed by atoms with van der Waals surface area (Å²) in [6, 6.07) is 15.0. The number of rotatable bonds is 4. The molecule has 0 amide bonds. The molecule has 0 saturated carbocycles. The average molecular weight is 293 g/mol. The molecule has 0 aliphatic heterocycles. The molecular weight excluding hydrogens is 274 g/mol. The largest absolute Gasteiger partial charge is 0.462 e. The Bertz CT molecular complexity index is 709. The van der Waals surface area contributed by atoms with Crippen molar-refractivity contribution in [1.82, 2.24) is 0 Å². The lowest BCUT2D eigenvalue weighted by molar-refractivity contribution is 0.0524. The Hall–Kier alpha value is -2.60. The molecule has 0 N–H and O–H groups in total. The van der Waals surface area contributed by atoms with Crippen molar-refractivity contribution in [2.45, 2.75) is 26.2 Å². The number of nitrogens with zero attached hydrogens (tertiary/aromatic N) is 1. The van der Waals surface area contributed by atoms with E-state index in [0.29, 0.717) is 17.9 Å². The molecule has 2 aromatic rings. The van der Waals surface area contributed by atoms with Crippen LogP contribution in [-0.4, -0.2) is 12.6 Å². The van der Waals surface area contributed by atoms with Gasteiger partial charge >= 0.3 is 5.97 Å². The summed E-state index contributed by atoms with van der Waals surface area (Å²) in [5.74, 6) is -0.302. The van der Waals surface area contributed by atoms with E-state index in [4.69, 9.17) is 11.3 Å². The predicted octanol–water partition coefficient (Wildman–Crippen LogP) is 4.74. The van der Waals surface area contributed by atoms with Crippen LogP contribution in [-0.2, 0) is 10.2 Å². The zero-order chi connectivity index (χ0) is 16.2. The Morgan fingerprint density at radius 2 is 1.77 bits per heavy atom. The SMILES string of the molecule is [C-]#[N+]c1ccc(C(C)(C)c2ccccc2C(=O)OCC)cc1. The summed E-state index contributed by atoms with van der Waals surface area (Å²) in [4.78, 5) is 15.6. The summed E-state index contributed by atoms with van der Waals surface area (Å²) < 4.78 is 5.16. The molecule has 0 aliphatic rings. The number of carbonyl (C=O) groups is 1. The highest BCUT2D eigenvalue weighted by Crippen LogP contribution is 2.34. The maximum atomic E-state index is 12.2. The van der Waals surface area contributed by atoms with Gasteiger partial charge in [-0.15, -0.1) is 0 Å². The Kier molecular flexibility index (Phi) is 4.62. The second kappa shape index (κ2) is 6.44. The van der Waals surface area contributed by atoms with Gasteiger partial charge in [-0.2, -0.15) is 0 Å². The second-order valence-corrected chi connectivity index (χ2v) is 5.55. The molecule has 3 heteroatoms. The topological polar surface area (TPSA) is 30.7 Å². The molecule has 0 radical (unpaired) electrons. The van der Waals surface area contributed by atoms with E-state index in [-0.39, 0.29) is 11.4 Å². The minimum Gasteiger partial charge on any atom is -0.462 e. The molecule has 0 spiro atoms. The van der Waals surface area contributed by atoms with Crippen LogP contribution < -0.4 is 0 Å². The highest BCUT2D eigenvalue weighted by molar-refractivity contribution is 5.91. The van der Waals surface area contributed by atoms with E-state index in [1.165, 1.54) is 0 Å². The predicted molar refractivity (Wildman–Crippen MR) is 87.2 cm³/mol. The van der Waals surface area contributed by atoms with Crippen molar-refractivity contribution in [1.29, 1.82) is 0 Å². The van der Waals surface area contributed by atoms with Gasteiger partial charge in [-0.25, -0.2) is 9.64 Å². The molecule has 2 aromatic carbocycles. The summed E-state index contributed by atoms with van der Waals surface area (Å²) in [5, 5.41) is 0. The normalized spacial score (nSPS) is 10.8. The maximum absolute atomic E-state index is 12.2. The standard InChI is InChI=1S/C19H19NO2/c1-5-22-18(21)16-8-6-7-9-17(16)19(2,3)14-10-12-15(20-4)13-11-14/h6-13H,5H2,1-3H3. The van der Waals surface area contributed by atoms with Crippen molar-refractivity contribution < 1.29 is 9.53 Å². The zero-order valence-corrected chi connectivity index (χ0v) is 13.1. The van der Waals surface area contributed by atoms with Crippen molar-refractivity contribution in [3.8, 4) is 0 Å². The lowest BCUT2D eigenvalue weighted by atomic mass is 9.76. The first kappa shape index (κ1) is 15.8. The number of esters is 1. The van der Waals surface area contributed by atoms with E-state index in [1.54, 1.807) is 25.1 Å². The van der Waals surface area contributed by atoms with Crippen molar-refractivity contribution in [2.75, 3.05) is 6.61 Å². The van der Waals surface area contributed by atoms with Gasteiger partial charge in [-0.3, -0.25) is 0 Å². The van der Waals surface area contributed by atoms with Gasteiger partial charge in [0.1, 0.15) is 0 Å². The average Bonchev–Trinajstić information content (AvgIpc) is 2.55. The van der Waals surface area contributed by atoms with Gasteiger partial charge in [0, 0.05) is 5.41 Å². The molecule has 22 heavy (non-hydrogen) atoms. The number of hydrogen-bond donors (Lipinski definition) is 0. The Morgan fingerprint density at radius 1 is 1.14 bits per heavy atom. The summed E-state index contributed by atoms with van der Waals surface area (Å²) in [5.41, 5.74) is 2.81. The van der Waals surface area contributed by atoms with Crippen LogP contribution in [0.4, 0.5) is 5.69 Å². The molecule has 0 saturated heterocycles. The van der Waals surface area contributed by atoms with Crippen LogP contribution in [0.5, 0.6) is 0 Å². The van der Waals surface area contributed by atoms with Gasteiger partial charge in [-0.1, -0.05) is 56.3 Å². The van der Waals surface area contributed by atoms with Gasteiger partial charge in [0.15, 0.2) is 5.69 Å². The zero-order valence-electron chi connectivity index (χ0n) is 13.1. The van der Waals surface area contributed by atoms with E-state index >= 15 is 0 Å². The van der Waals surface area contributed by atoms with Crippen molar-refractivity contribution in [3.63, 3.8) is 0 Å². The third-order valence-electron chi connectivity index (χ3n) is 3.81. The molecule has 3 nitrogen and oxygen atoms in total. The quantitative estimate of drug-likeness (QED) is 0.602. The van der Waals surface area contributed by atoms with Crippen LogP contribution in [0.3, 0.4) is 0 Å². The van der Waals surface area contributed by atoms with Crippen LogP contribution in [0.1, 0.15) is 42.3 Å². The Balaban J connectivity index is 2.49. The van der Waals surface area contributed by atoms with Gasteiger partial charge in [-0.05, 0) is 24.1 Å². The molecule has 0 fully saturated rings. The summed E-state index contributed by atoms with van der Waals surface area (Å²) in [7, 11) is 0. The molecule has 2 rings (SSSR count). The van der Waals surface area contributed by atoms with Gasteiger partial charge in [0.2, 0.25) is 0 Å². The molecule has 0 aliphatic carbocycles. The first-order chi connectivity index (χ1) is 10.5. The van der Waals surface area contributed by atoms with Crippen LogP contribution in [0, 0.1) is 6.57 Å². The molecule has 0 atom stereocenters. The lowest BCUT2D eigenvalue weighted by Crippen LogP contribution is -2.23. The smallest absolute Gasteiger partial charge is 0.338 e. The first-order valence-electron chi connectivity index (χ1n) is 7.25. The van der Waals surface area contributed by atoms with Gasteiger partial charge < -0.3 is 4.74 Å². The summed E-state index contributed by atoms with van der Waals surface area (Å²) in [6.45, 7) is 13.3. The van der Waals surface area contributed by atoms with Gasteiger partial charge in [0.05, 0.1) is 18.7 Å². The summed E-state index contributed by atoms with van der Waals surface area (Å²) >= 11 is 0. The first-order valence-corrected chi connectivity index (χ1v) is 7.25. The van der Waals surface area contributed by atoms with Crippen LogP contribution in [0.2, 0.25) is 0 Å². The maximum Gasteiger partial charge on any atom is 0.338 e. The fourth-order valence-corrected chi connectivity index (χ4v) is 2.52. The number of ether oxygens (including phenoxy) is 1. The highest BCUT2D eigenvalue weighted by atomic mass is 16.5. The van der Waals surface area contributed by atoms with Crippen molar-refractivity contribution in [3.05, 3.63) is 76.6 Å². The Labute approximate surface area is 131 Å². The number of benzene rings is 2. The lowest BCUT2D eigenvalue weighted by Gasteiger charge is -2.28. The number of hydrogen-bond acceptors (Lipinski definition) is 2. The van der Waals surface area contributed by atoms with Crippen LogP contribution >= 0.6 is 0 Å². The molecule has 0 unspecified atom stereocenters. The fourth-order valence-electron chi connectivity index (χ4n) is 2.52. The second-order valence-electron chi connectivity index (χ2n) is 5.55. The molecule has 0 heterocycles. The van der Waals surface area contributed by atoms with E-state index < -0.39 is 0 Å². The van der Waals surface area contributed by atoms with E-state index in [9.17, 15) is 4.79 Å². The summed E-state index contributed by atoms with van der Waals surface area (Å²) in [6.07, 6.45) is 0. The third kappa shape index (κ3) is 3.01. The Morgan fingerprint density at radius 3 is 2.36 bits per heavy atom. The molecule has 0 bridgehead atoms. The van der Waals surface area contributed by atoms with Crippen LogP contribution in [0.15, 0.2) is 48.5 Å². The molecular formula is C19H19NO2. The van der Waals surface area contributed by atoms with Crippen LogP contribution in [0.25, 0.3) is 4.85 Å². The minimum absolute atomic E-state index is 0.302. The molecule has 0 aromatic heterocycles. The number of carbonyl (C=O) groups excluding carboxylic acids is 1. The monoisotopic (exact) mass is 293 g/mol. The van der Waals surface area contributed by atoms with Gasteiger partial charge in [0.25, 0.3) is 0 Å². The molecule has 112 valence electrons. The highest BCUT2D eigenvalue weighted by Gasteiger charge is 2.28.